The Bertz CT molecular complexity index is 881. The zero-order valence-electron chi connectivity index (χ0n) is 15.9. The van der Waals surface area contributed by atoms with Gasteiger partial charge < -0.3 is 15.4 Å². The van der Waals surface area contributed by atoms with Crippen molar-refractivity contribution in [2.24, 2.45) is 4.99 Å². The number of carbonyl (C=O) groups excluding carboxylic acids is 2. The molecule has 1 fully saturated rings. The zero-order chi connectivity index (χ0) is 19.9. The van der Waals surface area contributed by atoms with Crippen molar-refractivity contribution in [2.45, 2.75) is 31.9 Å². The maximum atomic E-state index is 12.3. The first kappa shape index (κ1) is 19.9. The highest BCUT2D eigenvalue weighted by Gasteiger charge is 2.32. The lowest BCUT2D eigenvalue weighted by molar-refractivity contribution is -0.122. The molecule has 7 heteroatoms. The molecule has 2 aromatic rings. The van der Waals surface area contributed by atoms with Gasteiger partial charge in [-0.3, -0.25) is 9.59 Å². The summed E-state index contributed by atoms with van der Waals surface area (Å²) in [6.07, 6.45) is 1.02. The maximum absolute atomic E-state index is 12.3. The molecule has 0 spiro atoms. The number of aliphatic imine (C=N–C) groups is 1. The van der Waals surface area contributed by atoms with Crippen molar-refractivity contribution >= 4 is 40.1 Å². The van der Waals surface area contributed by atoms with E-state index >= 15 is 0 Å². The van der Waals surface area contributed by atoms with Gasteiger partial charge in [-0.15, -0.1) is 0 Å². The number of ether oxygens (including phenoxy) is 1. The molecule has 0 saturated carbocycles. The minimum absolute atomic E-state index is 0.0808. The molecular formula is C21H23N3O3S. The fraction of sp³-hybridized carbons (Fsp3) is 0.286. The Morgan fingerprint density at radius 3 is 2.75 bits per heavy atom. The standard InChI is InChI=1S/C21H23N3O3S/c1-3-11-27-17-9-7-15(8-10-17)22-19(25)13-18-20(26)24-21(28-18)23-16-6-4-5-14(2)12-16/h4-10,12,18H,3,11,13H2,1-2H3,(H,22,25)(H,23,24,26)/t18-/m0/s1. The van der Waals surface area contributed by atoms with Crippen LogP contribution in [0.4, 0.5) is 11.4 Å². The Hall–Kier alpha value is -2.80. The molecule has 2 amide bonds. The SMILES string of the molecule is CCCOc1ccc(NC(=O)C[C@@H]2SC(=Nc3cccc(C)c3)NC2=O)cc1. The summed E-state index contributed by atoms with van der Waals surface area (Å²) in [6.45, 7) is 4.69. The van der Waals surface area contributed by atoms with Gasteiger partial charge in [0.2, 0.25) is 11.8 Å². The Morgan fingerprint density at radius 2 is 2.04 bits per heavy atom. The number of rotatable bonds is 7. The molecule has 1 aliphatic heterocycles. The van der Waals surface area contributed by atoms with Gasteiger partial charge in [0.1, 0.15) is 11.0 Å². The fourth-order valence-electron chi connectivity index (χ4n) is 2.64. The molecule has 1 saturated heterocycles. The van der Waals surface area contributed by atoms with Crippen LogP contribution >= 0.6 is 11.8 Å². The van der Waals surface area contributed by atoms with Gasteiger partial charge in [-0.25, -0.2) is 4.99 Å². The number of nitrogens with zero attached hydrogens (tertiary/aromatic N) is 1. The van der Waals surface area contributed by atoms with Gasteiger partial charge in [-0.2, -0.15) is 0 Å². The second-order valence-electron chi connectivity index (χ2n) is 6.48. The van der Waals surface area contributed by atoms with Crippen LogP contribution < -0.4 is 15.4 Å². The van der Waals surface area contributed by atoms with Crippen molar-refractivity contribution in [1.29, 1.82) is 0 Å². The van der Waals surface area contributed by atoms with E-state index in [0.717, 1.165) is 23.4 Å². The van der Waals surface area contributed by atoms with E-state index in [1.807, 2.05) is 50.2 Å². The van der Waals surface area contributed by atoms with Crippen molar-refractivity contribution in [1.82, 2.24) is 5.32 Å². The summed E-state index contributed by atoms with van der Waals surface area (Å²) in [5, 5.41) is 5.59. The molecule has 146 valence electrons. The van der Waals surface area contributed by atoms with Gasteiger partial charge in [-0.1, -0.05) is 30.8 Å². The molecule has 28 heavy (non-hydrogen) atoms. The van der Waals surface area contributed by atoms with Gasteiger partial charge >= 0.3 is 0 Å². The number of amidine groups is 1. The number of hydrogen-bond acceptors (Lipinski definition) is 5. The Labute approximate surface area is 168 Å². The van der Waals surface area contributed by atoms with E-state index in [2.05, 4.69) is 15.6 Å². The highest BCUT2D eigenvalue weighted by molar-refractivity contribution is 8.15. The number of carbonyl (C=O) groups is 2. The first-order chi connectivity index (χ1) is 13.5. The van der Waals surface area contributed by atoms with Gasteiger partial charge in [0.15, 0.2) is 5.17 Å². The van der Waals surface area contributed by atoms with Crippen LogP contribution in [0.15, 0.2) is 53.5 Å². The summed E-state index contributed by atoms with van der Waals surface area (Å²) in [4.78, 5) is 28.9. The minimum Gasteiger partial charge on any atom is -0.494 e. The van der Waals surface area contributed by atoms with E-state index in [9.17, 15) is 9.59 Å². The number of anilines is 1. The topological polar surface area (TPSA) is 79.8 Å². The molecule has 0 radical (unpaired) electrons. The highest BCUT2D eigenvalue weighted by atomic mass is 32.2. The zero-order valence-corrected chi connectivity index (χ0v) is 16.7. The van der Waals surface area contributed by atoms with Crippen LogP contribution in [0.2, 0.25) is 0 Å². The lowest BCUT2D eigenvalue weighted by Gasteiger charge is -2.09. The molecule has 6 nitrogen and oxygen atoms in total. The Morgan fingerprint density at radius 1 is 1.25 bits per heavy atom. The third kappa shape index (κ3) is 5.60. The minimum atomic E-state index is -0.490. The van der Waals surface area contributed by atoms with Crippen molar-refractivity contribution in [2.75, 3.05) is 11.9 Å². The largest absolute Gasteiger partial charge is 0.494 e. The monoisotopic (exact) mass is 397 g/mol. The third-order valence-electron chi connectivity index (χ3n) is 3.99. The third-order valence-corrected chi connectivity index (χ3v) is 5.07. The van der Waals surface area contributed by atoms with Crippen LogP contribution in [0.1, 0.15) is 25.3 Å². The molecule has 1 heterocycles. The van der Waals surface area contributed by atoms with E-state index in [1.54, 1.807) is 12.1 Å². The van der Waals surface area contributed by atoms with Crippen LogP contribution in [0.25, 0.3) is 0 Å². The number of thioether (sulfide) groups is 1. The number of nitrogens with one attached hydrogen (secondary N) is 2. The van der Waals surface area contributed by atoms with E-state index in [4.69, 9.17) is 4.74 Å². The second kappa shape index (κ2) is 9.41. The summed E-state index contributed by atoms with van der Waals surface area (Å²) in [5.74, 6) is 0.351. The molecule has 0 bridgehead atoms. The molecule has 0 unspecified atom stereocenters. The normalized spacial score (nSPS) is 17.4. The summed E-state index contributed by atoms with van der Waals surface area (Å²) in [7, 11) is 0. The van der Waals surface area contributed by atoms with Gasteiger partial charge in [0.05, 0.1) is 12.3 Å². The first-order valence-electron chi connectivity index (χ1n) is 9.19. The average molecular weight is 398 g/mol. The van der Waals surface area contributed by atoms with Crippen LogP contribution in [-0.2, 0) is 9.59 Å². The van der Waals surface area contributed by atoms with E-state index in [-0.39, 0.29) is 18.2 Å². The van der Waals surface area contributed by atoms with Crippen molar-refractivity contribution in [3.63, 3.8) is 0 Å². The summed E-state index contributed by atoms with van der Waals surface area (Å²) >= 11 is 1.28. The average Bonchev–Trinajstić information content (AvgIpc) is 3.00. The lowest BCUT2D eigenvalue weighted by atomic mass is 10.2. The Balaban J connectivity index is 1.54. The number of benzene rings is 2. The number of aryl methyl sites for hydroxylation is 1. The highest BCUT2D eigenvalue weighted by Crippen LogP contribution is 2.26. The first-order valence-corrected chi connectivity index (χ1v) is 10.1. The number of hydrogen-bond donors (Lipinski definition) is 2. The summed E-state index contributed by atoms with van der Waals surface area (Å²) < 4.78 is 5.52. The summed E-state index contributed by atoms with van der Waals surface area (Å²) in [6, 6.07) is 14.9. The molecular weight excluding hydrogens is 374 g/mol. The van der Waals surface area contributed by atoms with Crippen molar-refractivity contribution in [3.8, 4) is 5.75 Å². The molecule has 0 aliphatic carbocycles. The Kier molecular flexibility index (Phi) is 6.71. The van der Waals surface area contributed by atoms with E-state index < -0.39 is 5.25 Å². The fourth-order valence-corrected chi connectivity index (χ4v) is 3.63. The van der Waals surface area contributed by atoms with Gasteiger partial charge in [0, 0.05) is 12.1 Å². The van der Waals surface area contributed by atoms with Crippen molar-refractivity contribution in [3.05, 3.63) is 54.1 Å². The number of amides is 2. The van der Waals surface area contributed by atoms with Gasteiger partial charge in [0.25, 0.3) is 0 Å². The van der Waals surface area contributed by atoms with E-state index in [1.165, 1.54) is 11.8 Å². The maximum Gasteiger partial charge on any atom is 0.240 e. The van der Waals surface area contributed by atoms with Crippen molar-refractivity contribution < 1.29 is 14.3 Å². The molecule has 0 aromatic heterocycles. The summed E-state index contributed by atoms with van der Waals surface area (Å²) in [5.41, 5.74) is 2.54. The molecule has 1 aliphatic rings. The van der Waals surface area contributed by atoms with Gasteiger partial charge in [-0.05, 0) is 55.3 Å². The van der Waals surface area contributed by atoms with Crippen LogP contribution in [0, 0.1) is 6.92 Å². The van der Waals surface area contributed by atoms with Crippen LogP contribution in [0.3, 0.4) is 0 Å². The molecule has 2 N–H and O–H groups in total. The predicted octanol–water partition coefficient (Wildman–Crippen LogP) is 4.03. The quantitative estimate of drug-likeness (QED) is 0.739. The lowest BCUT2D eigenvalue weighted by Crippen LogP contribution is -2.28. The molecule has 1 atom stereocenters. The van der Waals surface area contributed by atoms with Crippen LogP contribution in [0.5, 0.6) is 5.75 Å². The molecule has 3 rings (SSSR count). The van der Waals surface area contributed by atoms with Crippen LogP contribution in [-0.4, -0.2) is 28.8 Å². The predicted molar refractivity (Wildman–Crippen MR) is 113 cm³/mol. The smallest absolute Gasteiger partial charge is 0.240 e. The molecule has 2 aromatic carbocycles. The second-order valence-corrected chi connectivity index (χ2v) is 7.67. The van der Waals surface area contributed by atoms with E-state index in [0.29, 0.717) is 17.5 Å².